The summed E-state index contributed by atoms with van der Waals surface area (Å²) in [7, 11) is 0. The molecule has 1 aliphatic rings. The van der Waals surface area contributed by atoms with Crippen molar-refractivity contribution in [2.24, 2.45) is 0 Å². The van der Waals surface area contributed by atoms with Crippen LogP contribution in [-0.2, 0) is 11.2 Å². The van der Waals surface area contributed by atoms with Crippen molar-refractivity contribution in [3.8, 4) is 11.1 Å². The molecule has 5 nitrogen and oxygen atoms in total. The third-order valence-electron chi connectivity index (χ3n) is 5.44. The molecule has 2 aromatic heterocycles. The SMILES string of the molecule is CC(=O)Nc1nc2ccc(-c3cncc(CCCN4CCCCCC4)c3)cc2s1. The normalized spacial score (nSPS) is 15.3. The average molecular weight is 409 g/mol. The number of amides is 1. The van der Waals surface area contributed by atoms with Crippen molar-refractivity contribution in [1.29, 1.82) is 0 Å². The number of anilines is 1. The molecule has 3 heterocycles. The second-order valence-corrected chi connectivity index (χ2v) is 8.85. The fraction of sp³-hybridized carbons (Fsp3) is 0.435. The average Bonchev–Trinajstić information content (AvgIpc) is 2.91. The molecular formula is C23H28N4OS. The summed E-state index contributed by atoms with van der Waals surface area (Å²) in [4.78, 5) is 22.8. The van der Waals surface area contributed by atoms with E-state index >= 15 is 0 Å². The maximum atomic E-state index is 11.3. The number of nitrogens with zero attached hydrogens (tertiary/aromatic N) is 3. The Morgan fingerprint density at radius 2 is 1.93 bits per heavy atom. The first-order valence-corrected chi connectivity index (χ1v) is 11.3. The Kier molecular flexibility index (Phi) is 6.52. The van der Waals surface area contributed by atoms with Crippen molar-refractivity contribution >= 4 is 32.6 Å². The van der Waals surface area contributed by atoms with Gasteiger partial charge in [0, 0.05) is 24.9 Å². The van der Waals surface area contributed by atoms with E-state index in [2.05, 4.69) is 38.4 Å². The van der Waals surface area contributed by atoms with Gasteiger partial charge in [0.2, 0.25) is 5.91 Å². The molecule has 0 bridgehead atoms. The van der Waals surface area contributed by atoms with Crippen LogP contribution in [-0.4, -0.2) is 40.4 Å². The Morgan fingerprint density at radius 1 is 1.10 bits per heavy atom. The molecule has 1 aliphatic heterocycles. The molecule has 1 fully saturated rings. The number of benzene rings is 1. The highest BCUT2D eigenvalue weighted by Crippen LogP contribution is 2.30. The van der Waals surface area contributed by atoms with Gasteiger partial charge in [-0.1, -0.05) is 30.2 Å². The lowest BCUT2D eigenvalue weighted by molar-refractivity contribution is -0.114. The van der Waals surface area contributed by atoms with Gasteiger partial charge in [-0.2, -0.15) is 0 Å². The number of aryl methyl sites for hydroxylation is 1. The lowest BCUT2D eigenvalue weighted by Crippen LogP contribution is -2.26. The van der Waals surface area contributed by atoms with Gasteiger partial charge in [0.05, 0.1) is 10.2 Å². The second kappa shape index (κ2) is 9.46. The Hall–Kier alpha value is -2.31. The Labute approximate surface area is 176 Å². The summed E-state index contributed by atoms with van der Waals surface area (Å²) in [6.45, 7) is 5.20. The summed E-state index contributed by atoms with van der Waals surface area (Å²) in [5, 5.41) is 3.41. The first-order chi connectivity index (χ1) is 14.2. The van der Waals surface area contributed by atoms with Gasteiger partial charge in [0.25, 0.3) is 0 Å². The molecule has 0 radical (unpaired) electrons. The monoisotopic (exact) mass is 408 g/mol. The third kappa shape index (κ3) is 5.40. The summed E-state index contributed by atoms with van der Waals surface area (Å²) in [5.74, 6) is -0.0960. The highest BCUT2D eigenvalue weighted by atomic mass is 32.1. The van der Waals surface area contributed by atoms with Crippen LogP contribution in [0.3, 0.4) is 0 Å². The van der Waals surface area contributed by atoms with Crippen LogP contribution in [0.1, 0.15) is 44.6 Å². The summed E-state index contributed by atoms with van der Waals surface area (Å²) in [6.07, 6.45) is 11.6. The van der Waals surface area contributed by atoms with Crippen LogP contribution in [0.5, 0.6) is 0 Å². The topological polar surface area (TPSA) is 58.1 Å². The number of carbonyl (C=O) groups excluding carboxylic acids is 1. The van der Waals surface area contributed by atoms with Crippen molar-refractivity contribution in [2.45, 2.75) is 45.4 Å². The largest absolute Gasteiger partial charge is 0.303 e. The minimum Gasteiger partial charge on any atom is -0.303 e. The van der Waals surface area contributed by atoms with Gasteiger partial charge in [-0.05, 0) is 74.6 Å². The first-order valence-electron chi connectivity index (χ1n) is 10.5. The third-order valence-corrected chi connectivity index (χ3v) is 6.37. The van der Waals surface area contributed by atoms with E-state index in [9.17, 15) is 4.79 Å². The number of aromatic nitrogens is 2. The number of rotatable bonds is 6. The maximum Gasteiger partial charge on any atom is 0.223 e. The summed E-state index contributed by atoms with van der Waals surface area (Å²) >= 11 is 1.50. The van der Waals surface area contributed by atoms with E-state index in [1.165, 1.54) is 75.6 Å². The smallest absolute Gasteiger partial charge is 0.223 e. The fourth-order valence-electron chi connectivity index (χ4n) is 3.96. The number of pyridine rings is 1. The number of carbonyl (C=O) groups is 1. The fourth-order valence-corrected chi connectivity index (χ4v) is 4.91. The second-order valence-electron chi connectivity index (χ2n) is 7.82. The molecule has 3 aromatic rings. The van der Waals surface area contributed by atoms with Crippen LogP contribution in [0.15, 0.2) is 36.7 Å². The van der Waals surface area contributed by atoms with Crippen LogP contribution in [0.2, 0.25) is 0 Å². The van der Waals surface area contributed by atoms with Gasteiger partial charge in [-0.15, -0.1) is 0 Å². The van der Waals surface area contributed by atoms with Crippen LogP contribution < -0.4 is 5.32 Å². The standard InChI is InChI=1S/C23H28N4OS/c1-17(28)25-23-26-21-9-8-19(14-22(21)29-23)20-13-18(15-24-16-20)7-6-12-27-10-4-2-3-5-11-27/h8-9,13-16H,2-7,10-12H2,1H3,(H,25,26,28). The van der Waals surface area contributed by atoms with E-state index in [1.807, 2.05) is 18.5 Å². The van der Waals surface area contributed by atoms with Crippen molar-refractivity contribution in [3.63, 3.8) is 0 Å². The molecular weight excluding hydrogens is 380 g/mol. The molecule has 0 spiro atoms. The van der Waals surface area contributed by atoms with E-state index in [0.717, 1.165) is 27.8 Å². The number of likely N-dealkylation sites (tertiary alicyclic amines) is 1. The zero-order valence-electron chi connectivity index (χ0n) is 17.0. The van der Waals surface area contributed by atoms with Gasteiger partial charge < -0.3 is 10.2 Å². The quantitative estimate of drug-likeness (QED) is 0.615. The molecule has 29 heavy (non-hydrogen) atoms. The van der Waals surface area contributed by atoms with Gasteiger partial charge in [0.15, 0.2) is 5.13 Å². The van der Waals surface area contributed by atoms with E-state index in [4.69, 9.17) is 0 Å². The predicted molar refractivity (Wildman–Crippen MR) is 120 cm³/mol. The minimum absolute atomic E-state index is 0.0960. The lowest BCUT2D eigenvalue weighted by atomic mass is 10.0. The Balaban J connectivity index is 1.42. The molecule has 0 unspecified atom stereocenters. The van der Waals surface area contributed by atoms with Crippen molar-refractivity contribution < 1.29 is 4.79 Å². The maximum absolute atomic E-state index is 11.3. The lowest BCUT2D eigenvalue weighted by Gasteiger charge is -2.19. The van der Waals surface area contributed by atoms with Crippen LogP contribution in [0.4, 0.5) is 5.13 Å². The van der Waals surface area contributed by atoms with E-state index in [-0.39, 0.29) is 5.91 Å². The van der Waals surface area contributed by atoms with E-state index < -0.39 is 0 Å². The molecule has 0 atom stereocenters. The van der Waals surface area contributed by atoms with Crippen LogP contribution in [0, 0.1) is 0 Å². The number of fused-ring (bicyclic) bond motifs is 1. The number of nitrogens with one attached hydrogen (secondary N) is 1. The summed E-state index contributed by atoms with van der Waals surface area (Å²) in [5.41, 5.74) is 4.47. The Morgan fingerprint density at radius 3 is 2.72 bits per heavy atom. The first kappa shape index (κ1) is 20.0. The molecule has 0 aliphatic carbocycles. The molecule has 1 N–H and O–H groups in total. The molecule has 1 amide bonds. The molecule has 152 valence electrons. The van der Waals surface area contributed by atoms with Crippen molar-refractivity contribution in [1.82, 2.24) is 14.9 Å². The highest BCUT2D eigenvalue weighted by molar-refractivity contribution is 7.22. The van der Waals surface area contributed by atoms with Gasteiger partial charge in [-0.3, -0.25) is 9.78 Å². The van der Waals surface area contributed by atoms with Crippen LogP contribution in [0.25, 0.3) is 21.3 Å². The minimum atomic E-state index is -0.0960. The zero-order chi connectivity index (χ0) is 20.1. The molecule has 1 saturated heterocycles. The van der Waals surface area contributed by atoms with Crippen molar-refractivity contribution in [2.75, 3.05) is 25.0 Å². The predicted octanol–water partition coefficient (Wildman–Crippen LogP) is 5.13. The van der Waals surface area contributed by atoms with E-state index in [0.29, 0.717) is 5.13 Å². The number of hydrogen-bond acceptors (Lipinski definition) is 5. The van der Waals surface area contributed by atoms with Gasteiger partial charge in [-0.25, -0.2) is 4.98 Å². The molecule has 0 saturated carbocycles. The zero-order valence-corrected chi connectivity index (χ0v) is 17.8. The number of thiazole rings is 1. The van der Waals surface area contributed by atoms with Gasteiger partial charge in [0.1, 0.15) is 0 Å². The van der Waals surface area contributed by atoms with Gasteiger partial charge >= 0.3 is 0 Å². The van der Waals surface area contributed by atoms with Crippen LogP contribution >= 0.6 is 11.3 Å². The molecule has 1 aromatic carbocycles. The highest BCUT2D eigenvalue weighted by Gasteiger charge is 2.10. The Bertz CT molecular complexity index is 976. The number of hydrogen-bond donors (Lipinski definition) is 1. The molecule has 4 rings (SSSR count). The molecule has 6 heteroatoms. The van der Waals surface area contributed by atoms with E-state index in [1.54, 1.807) is 0 Å². The van der Waals surface area contributed by atoms with Crippen molar-refractivity contribution in [3.05, 3.63) is 42.2 Å². The summed E-state index contributed by atoms with van der Waals surface area (Å²) < 4.78 is 1.07. The summed E-state index contributed by atoms with van der Waals surface area (Å²) in [6, 6.07) is 8.48.